The molecule has 0 bridgehead atoms. The molecule has 2 amide bonds. The topological polar surface area (TPSA) is 82.8 Å². The molecule has 6 nitrogen and oxygen atoms in total. The van der Waals surface area contributed by atoms with E-state index in [4.69, 9.17) is 10.7 Å². The van der Waals surface area contributed by atoms with E-state index < -0.39 is 0 Å². The molecule has 25 heavy (non-hydrogen) atoms. The van der Waals surface area contributed by atoms with Crippen molar-refractivity contribution in [1.29, 1.82) is 0 Å². The summed E-state index contributed by atoms with van der Waals surface area (Å²) in [4.78, 5) is 19.0. The molecule has 7 heteroatoms. The van der Waals surface area contributed by atoms with E-state index >= 15 is 0 Å². The summed E-state index contributed by atoms with van der Waals surface area (Å²) in [7, 11) is 0. The Morgan fingerprint density at radius 1 is 1.36 bits per heavy atom. The molecule has 0 saturated carbocycles. The van der Waals surface area contributed by atoms with Crippen molar-refractivity contribution < 1.29 is 4.79 Å². The number of amides is 2. The molecule has 0 aromatic heterocycles. The van der Waals surface area contributed by atoms with Gasteiger partial charge in [0.2, 0.25) is 0 Å². The number of nitrogens with two attached hydrogens (primary N) is 1. The second-order valence-corrected chi connectivity index (χ2v) is 7.39. The number of benzene rings is 1. The van der Waals surface area contributed by atoms with E-state index in [1.54, 1.807) is 11.8 Å². The SMILES string of the molecule is CCSC(=NC(C)NC(=O)NCc1ccccc1)N1CCC(N)CC1. The van der Waals surface area contributed by atoms with E-state index in [0.717, 1.165) is 42.4 Å². The van der Waals surface area contributed by atoms with Gasteiger partial charge in [-0.15, -0.1) is 0 Å². The zero-order valence-electron chi connectivity index (χ0n) is 15.1. The van der Waals surface area contributed by atoms with Crippen LogP contribution in [0, 0.1) is 0 Å². The van der Waals surface area contributed by atoms with E-state index in [2.05, 4.69) is 22.5 Å². The van der Waals surface area contributed by atoms with Crippen molar-refractivity contribution in [2.45, 2.75) is 45.4 Å². The Morgan fingerprint density at radius 3 is 2.68 bits per heavy atom. The maximum absolute atomic E-state index is 12.1. The predicted molar refractivity (Wildman–Crippen MR) is 106 cm³/mol. The minimum absolute atomic E-state index is 0.207. The molecule has 1 heterocycles. The first-order valence-corrected chi connectivity index (χ1v) is 9.86. The van der Waals surface area contributed by atoms with Gasteiger partial charge in [0.15, 0.2) is 5.17 Å². The van der Waals surface area contributed by atoms with Crippen LogP contribution in [0.15, 0.2) is 35.3 Å². The van der Waals surface area contributed by atoms with Gasteiger partial charge in [-0.3, -0.25) is 0 Å². The lowest BCUT2D eigenvalue weighted by molar-refractivity contribution is 0.237. The Morgan fingerprint density at radius 2 is 2.04 bits per heavy atom. The van der Waals surface area contributed by atoms with Crippen LogP contribution in [0.2, 0.25) is 0 Å². The van der Waals surface area contributed by atoms with E-state index in [1.165, 1.54) is 0 Å². The molecular weight excluding hydrogens is 334 g/mol. The van der Waals surface area contributed by atoms with Crippen molar-refractivity contribution in [1.82, 2.24) is 15.5 Å². The van der Waals surface area contributed by atoms with E-state index in [9.17, 15) is 4.79 Å². The minimum Gasteiger partial charge on any atom is -0.351 e. The molecule has 0 spiro atoms. The highest BCUT2D eigenvalue weighted by molar-refractivity contribution is 8.13. The first-order valence-electron chi connectivity index (χ1n) is 8.88. The lowest BCUT2D eigenvalue weighted by Crippen LogP contribution is -2.44. The van der Waals surface area contributed by atoms with Gasteiger partial charge in [0.05, 0.1) is 0 Å². The van der Waals surface area contributed by atoms with Gasteiger partial charge in [0.25, 0.3) is 0 Å². The summed E-state index contributed by atoms with van der Waals surface area (Å²) in [5.41, 5.74) is 7.05. The van der Waals surface area contributed by atoms with Crippen molar-refractivity contribution >= 4 is 23.0 Å². The van der Waals surface area contributed by atoms with Gasteiger partial charge in [-0.05, 0) is 31.1 Å². The van der Waals surface area contributed by atoms with E-state index in [1.807, 2.05) is 37.3 Å². The first kappa shape index (κ1) is 19.6. The molecule has 1 aliphatic heterocycles. The highest BCUT2D eigenvalue weighted by Gasteiger charge is 2.20. The number of thioether (sulfide) groups is 1. The minimum atomic E-state index is -0.277. The van der Waals surface area contributed by atoms with E-state index in [0.29, 0.717) is 12.6 Å². The quantitative estimate of drug-likeness (QED) is 0.554. The molecule has 1 saturated heterocycles. The Bertz CT molecular complexity index is 558. The number of urea groups is 1. The number of hydrogen-bond acceptors (Lipinski definition) is 4. The van der Waals surface area contributed by atoms with Crippen LogP contribution in [0.25, 0.3) is 0 Å². The Labute approximate surface area is 154 Å². The fourth-order valence-electron chi connectivity index (χ4n) is 2.65. The summed E-state index contributed by atoms with van der Waals surface area (Å²) in [6, 6.07) is 9.94. The van der Waals surface area contributed by atoms with Crippen LogP contribution in [-0.2, 0) is 6.54 Å². The summed E-state index contributed by atoms with van der Waals surface area (Å²) in [6.45, 7) is 6.37. The number of likely N-dealkylation sites (tertiary alicyclic amines) is 1. The van der Waals surface area contributed by atoms with Crippen LogP contribution in [0.3, 0.4) is 0 Å². The average Bonchev–Trinajstić information content (AvgIpc) is 2.61. The fourth-order valence-corrected chi connectivity index (χ4v) is 3.50. The molecule has 0 aliphatic carbocycles. The lowest BCUT2D eigenvalue weighted by atomic mass is 10.1. The standard InChI is InChI=1S/C18H29N5OS/c1-3-25-18(23-11-9-16(19)10-12-23)22-14(2)21-17(24)20-13-15-7-5-4-6-8-15/h4-8,14,16H,3,9-13,19H2,1-2H3,(H2,20,21,24). The highest BCUT2D eigenvalue weighted by atomic mass is 32.2. The molecule has 4 N–H and O–H groups in total. The summed E-state index contributed by atoms with van der Waals surface area (Å²) >= 11 is 1.71. The van der Waals surface area contributed by atoms with Crippen LogP contribution in [0.5, 0.6) is 0 Å². The predicted octanol–water partition coefficient (Wildman–Crippen LogP) is 2.36. The number of amidine groups is 1. The van der Waals surface area contributed by atoms with Gasteiger partial charge >= 0.3 is 6.03 Å². The fraction of sp³-hybridized carbons (Fsp3) is 0.556. The number of nitrogens with zero attached hydrogens (tertiary/aromatic N) is 2. The third kappa shape index (κ3) is 6.96. The molecule has 1 unspecified atom stereocenters. The molecule has 1 atom stereocenters. The number of carbonyl (C=O) groups is 1. The highest BCUT2D eigenvalue weighted by Crippen LogP contribution is 2.16. The number of rotatable bonds is 5. The van der Waals surface area contributed by atoms with Gasteiger partial charge in [-0.1, -0.05) is 49.0 Å². The zero-order valence-corrected chi connectivity index (χ0v) is 15.9. The lowest BCUT2D eigenvalue weighted by Gasteiger charge is -2.32. The number of nitrogens with one attached hydrogen (secondary N) is 2. The third-order valence-electron chi connectivity index (χ3n) is 4.02. The Hall–Kier alpha value is -1.73. The van der Waals surface area contributed by atoms with Gasteiger partial charge in [0, 0.05) is 25.7 Å². The molecule has 1 aliphatic rings. The Kier molecular flexibility index (Phi) is 8.08. The van der Waals surface area contributed by atoms with Gasteiger partial charge in [-0.25, -0.2) is 9.79 Å². The van der Waals surface area contributed by atoms with E-state index in [-0.39, 0.29) is 12.2 Å². The van der Waals surface area contributed by atoms with Crippen molar-refractivity contribution in [2.24, 2.45) is 10.7 Å². The van der Waals surface area contributed by atoms with Gasteiger partial charge in [0.1, 0.15) is 6.17 Å². The molecule has 1 aromatic rings. The third-order valence-corrected chi connectivity index (χ3v) is 4.93. The van der Waals surface area contributed by atoms with Crippen molar-refractivity contribution in [3.63, 3.8) is 0 Å². The molecule has 138 valence electrons. The number of hydrogen-bond donors (Lipinski definition) is 3. The number of piperidine rings is 1. The molecule has 0 radical (unpaired) electrons. The second kappa shape index (κ2) is 10.3. The van der Waals surface area contributed by atoms with Crippen molar-refractivity contribution in [3.05, 3.63) is 35.9 Å². The molecule has 1 aromatic carbocycles. The second-order valence-electron chi connectivity index (χ2n) is 6.16. The summed E-state index contributed by atoms with van der Waals surface area (Å²) in [5, 5.41) is 6.74. The maximum Gasteiger partial charge on any atom is 0.316 e. The summed E-state index contributed by atoms with van der Waals surface area (Å²) in [6.07, 6.45) is 1.70. The largest absolute Gasteiger partial charge is 0.351 e. The molecule has 1 fully saturated rings. The molecule has 2 rings (SSSR count). The van der Waals surface area contributed by atoms with Crippen LogP contribution in [-0.4, -0.2) is 47.1 Å². The first-order chi connectivity index (χ1) is 12.1. The van der Waals surface area contributed by atoms with Crippen LogP contribution < -0.4 is 16.4 Å². The van der Waals surface area contributed by atoms with Crippen LogP contribution in [0.1, 0.15) is 32.3 Å². The van der Waals surface area contributed by atoms with Gasteiger partial charge in [-0.2, -0.15) is 0 Å². The number of carbonyl (C=O) groups excluding carboxylic acids is 1. The number of aliphatic imine (C=N–C) groups is 1. The zero-order chi connectivity index (χ0) is 18.1. The normalized spacial score (nSPS) is 17.2. The van der Waals surface area contributed by atoms with Crippen LogP contribution >= 0.6 is 11.8 Å². The van der Waals surface area contributed by atoms with Crippen molar-refractivity contribution in [2.75, 3.05) is 18.8 Å². The summed E-state index contributed by atoms with van der Waals surface area (Å²) in [5.74, 6) is 0.953. The molecular formula is C18H29N5OS. The monoisotopic (exact) mass is 363 g/mol. The smallest absolute Gasteiger partial charge is 0.316 e. The maximum atomic E-state index is 12.1. The summed E-state index contributed by atoms with van der Waals surface area (Å²) < 4.78 is 0. The van der Waals surface area contributed by atoms with Crippen LogP contribution in [0.4, 0.5) is 4.79 Å². The average molecular weight is 364 g/mol. The Balaban J connectivity index is 1.84. The van der Waals surface area contributed by atoms with Gasteiger partial charge < -0.3 is 21.3 Å². The van der Waals surface area contributed by atoms with Crippen molar-refractivity contribution in [3.8, 4) is 0 Å².